The lowest BCUT2D eigenvalue weighted by atomic mass is 10.2. The third-order valence-corrected chi connectivity index (χ3v) is 4.64. The molecular weight excluding hydrogens is 360 g/mol. The van der Waals surface area contributed by atoms with E-state index in [1.165, 1.54) is 5.56 Å². The maximum atomic E-state index is 5.59. The number of methoxy groups -OCH3 is 1. The third kappa shape index (κ3) is 3.52. The van der Waals surface area contributed by atoms with Gasteiger partial charge in [-0.25, -0.2) is 4.68 Å². The topological polar surface area (TPSA) is 73.5 Å². The Morgan fingerprint density at radius 3 is 2.52 bits per heavy atom. The quantitative estimate of drug-likeness (QED) is 0.538. The van der Waals surface area contributed by atoms with Crippen LogP contribution in [0, 0.1) is 11.6 Å². The fraction of sp³-hybridized carbons (Fsp3) is 0.158. The standard InChI is InChI=1S/C19H18N6OS/c1-13-3-7-15(8-4-13)25-19(27)17(11-20-25)18-21-23-24(22-18)12-14-5-9-16(26-2)10-6-14/h3-11,20H,12H2,1-2H3. The molecule has 0 aliphatic heterocycles. The summed E-state index contributed by atoms with van der Waals surface area (Å²) in [7, 11) is 1.65. The minimum Gasteiger partial charge on any atom is -0.497 e. The number of rotatable bonds is 5. The molecule has 2 aromatic heterocycles. The lowest BCUT2D eigenvalue weighted by molar-refractivity contribution is 0.414. The Morgan fingerprint density at radius 2 is 1.81 bits per heavy atom. The van der Waals surface area contributed by atoms with Gasteiger partial charge in [-0.3, -0.25) is 5.10 Å². The van der Waals surface area contributed by atoms with Gasteiger partial charge < -0.3 is 4.74 Å². The number of aromatic amines is 1. The van der Waals surface area contributed by atoms with Crippen molar-refractivity contribution < 1.29 is 4.74 Å². The third-order valence-electron chi connectivity index (χ3n) is 4.24. The summed E-state index contributed by atoms with van der Waals surface area (Å²) in [4.78, 5) is 1.55. The molecule has 2 heterocycles. The molecule has 4 aromatic rings. The number of H-pyrrole nitrogens is 1. The molecule has 7 nitrogen and oxygen atoms in total. The van der Waals surface area contributed by atoms with Crippen molar-refractivity contribution in [3.05, 3.63) is 70.5 Å². The van der Waals surface area contributed by atoms with E-state index in [9.17, 15) is 0 Å². The first kappa shape index (κ1) is 17.2. The van der Waals surface area contributed by atoms with E-state index < -0.39 is 0 Å². The zero-order valence-corrected chi connectivity index (χ0v) is 15.8. The molecule has 136 valence electrons. The molecule has 2 aromatic carbocycles. The molecule has 0 atom stereocenters. The molecule has 0 saturated heterocycles. The molecule has 27 heavy (non-hydrogen) atoms. The number of nitrogens with zero attached hydrogens (tertiary/aromatic N) is 5. The smallest absolute Gasteiger partial charge is 0.209 e. The first-order valence-corrected chi connectivity index (χ1v) is 8.83. The van der Waals surface area contributed by atoms with Gasteiger partial charge in [0.2, 0.25) is 5.82 Å². The van der Waals surface area contributed by atoms with E-state index >= 15 is 0 Å². The molecule has 8 heteroatoms. The molecule has 0 saturated carbocycles. The van der Waals surface area contributed by atoms with E-state index in [4.69, 9.17) is 17.0 Å². The van der Waals surface area contributed by atoms with Gasteiger partial charge in [0, 0.05) is 6.20 Å². The van der Waals surface area contributed by atoms with Crippen LogP contribution in [-0.4, -0.2) is 37.1 Å². The van der Waals surface area contributed by atoms with E-state index in [-0.39, 0.29) is 0 Å². The number of aromatic nitrogens is 6. The number of tetrazole rings is 1. The second-order valence-corrected chi connectivity index (χ2v) is 6.54. The Balaban J connectivity index is 1.58. The lowest BCUT2D eigenvalue weighted by Gasteiger charge is -2.02. The Hall–Kier alpha value is -3.26. The Kier molecular flexibility index (Phi) is 4.55. The fourth-order valence-corrected chi connectivity index (χ4v) is 3.04. The predicted molar refractivity (Wildman–Crippen MR) is 105 cm³/mol. The van der Waals surface area contributed by atoms with Gasteiger partial charge in [-0.1, -0.05) is 42.0 Å². The van der Waals surface area contributed by atoms with Crippen LogP contribution >= 0.6 is 12.2 Å². The monoisotopic (exact) mass is 378 g/mol. The van der Waals surface area contributed by atoms with Gasteiger partial charge in [0.15, 0.2) is 0 Å². The maximum Gasteiger partial charge on any atom is 0.209 e. The molecule has 0 aliphatic carbocycles. The molecule has 0 unspecified atom stereocenters. The molecular formula is C19H18N6OS. The Morgan fingerprint density at radius 1 is 1.07 bits per heavy atom. The zero-order valence-electron chi connectivity index (χ0n) is 15.0. The van der Waals surface area contributed by atoms with Crippen LogP contribution in [0.4, 0.5) is 0 Å². The maximum absolute atomic E-state index is 5.59. The van der Waals surface area contributed by atoms with Gasteiger partial charge in [0.05, 0.1) is 24.9 Å². The predicted octanol–water partition coefficient (Wildman–Crippen LogP) is 3.55. The molecule has 0 spiro atoms. The van der Waals surface area contributed by atoms with Crippen molar-refractivity contribution >= 4 is 12.2 Å². The highest BCUT2D eigenvalue weighted by Crippen LogP contribution is 2.19. The molecule has 0 aliphatic rings. The molecule has 0 bridgehead atoms. The molecule has 0 amide bonds. The summed E-state index contributed by atoms with van der Waals surface area (Å²) in [6, 6.07) is 15.9. The van der Waals surface area contributed by atoms with Crippen molar-refractivity contribution in [2.45, 2.75) is 13.5 Å². The lowest BCUT2D eigenvalue weighted by Crippen LogP contribution is -2.04. The SMILES string of the molecule is COc1ccc(Cn2nnc(-c3c[nH]n(-c4ccc(C)cc4)c3=S)n2)cc1. The highest BCUT2D eigenvalue weighted by atomic mass is 32.1. The van der Waals surface area contributed by atoms with Gasteiger partial charge in [0.25, 0.3) is 0 Å². The van der Waals surface area contributed by atoms with Gasteiger partial charge in [-0.05, 0) is 42.0 Å². The molecule has 1 N–H and O–H groups in total. The van der Waals surface area contributed by atoms with E-state index in [0.29, 0.717) is 17.0 Å². The van der Waals surface area contributed by atoms with E-state index in [1.807, 2.05) is 60.1 Å². The number of ether oxygens (including phenoxy) is 1. The van der Waals surface area contributed by atoms with E-state index in [2.05, 4.69) is 20.5 Å². The van der Waals surface area contributed by atoms with Crippen LogP contribution in [0.1, 0.15) is 11.1 Å². The van der Waals surface area contributed by atoms with Crippen molar-refractivity contribution in [3.63, 3.8) is 0 Å². The number of hydrogen-bond donors (Lipinski definition) is 1. The highest BCUT2D eigenvalue weighted by molar-refractivity contribution is 7.71. The number of aryl methyl sites for hydroxylation is 1. The first-order valence-electron chi connectivity index (χ1n) is 8.42. The largest absolute Gasteiger partial charge is 0.497 e. The summed E-state index contributed by atoms with van der Waals surface area (Å²) in [5, 5.41) is 15.9. The van der Waals surface area contributed by atoms with Gasteiger partial charge >= 0.3 is 0 Å². The van der Waals surface area contributed by atoms with Crippen molar-refractivity contribution in [2.24, 2.45) is 0 Å². The van der Waals surface area contributed by atoms with Crippen molar-refractivity contribution in [3.8, 4) is 22.8 Å². The van der Waals surface area contributed by atoms with Crippen molar-refractivity contribution in [2.75, 3.05) is 7.11 Å². The van der Waals surface area contributed by atoms with Crippen LogP contribution in [0.5, 0.6) is 5.75 Å². The van der Waals surface area contributed by atoms with Crippen molar-refractivity contribution in [1.29, 1.82) is 0 Å². The van der Waals surface area contributed by atoms with Gasteiger partial charge in [-0.15, -0.1) is 10.2 Å². The second kappa shape index (κ2) is 7.16. The molecule has 4 rings (SSSR count). The van der Waals surface area contributed by atoms with Crippen LogP contribution in [0.25, 0.3) is 17.1 Å². The van der Waals surface area contributed by atoms with Crippen LogP contribution in [0.15, 0.2) is 54.7 Å². The van der Waals surface area contributed by atoms with Crippen LogP contribution in [-0.2, 0) is 6.54 Å². The minimum atomic E-state index is 0.496. The Bertz CT molecular complexity index is 1110. The van der Waals surface area contributed by atoms with Crippen LogP contribution < -0.4 is 4.74 Å². The summed E-state index contributed by atoms with van der Waals surface area (Å²) in [5.74, 6) is 1.31. The van der Waals surface area contributed by atoms with Crippen LogP contribution in [0.3, 0.4) is 0 Å². The second-order valence-electron chi connectivity index (χ2n) is 6.15. The summed E-state index contributed by atoms with van der Waals surface area (Å²) >= 11 is 5.59. The number of hydrogen-bond acceptors (Lipinski definition) is 5. The average molecular weight is 378 g/mol. The van der Waals surface area contributed by atoms with Crippen molar-refractivity contribution in [1.82, 2.24) is 30.0 Å². The van der Waals surface area contributed by atoms with E-state index in [0.717, 1.165) is 22.6 Å². The average Bonchev–Trinajstić information content (AvgIpc) is 3.29. The summed E-state index contributed by atoms with van der Waals surface area (Å²) < 4.78 is 7.61. The summed E-state index contributed by atoms with van der Waals surface area (Å²) in [6.45, 7) is 2.57. The first-order chi connectivity index (χ1) is 13.1. The van der Waals surface area contributed by atoms with Gasteiger partial charge in [0.1, 0.15) is 10.4 Å². The number of benzene rings is 2. The zero-order chi connectivity index (χ0) is 18.8. The van der Waals surface area contributed by atoms with Gasteiger partial charge in [-0.2, -0.15) is 4.80 Å². The summed E-state index contributed by atoms with van der Waals surface area (Å²) in [6.07, 6.45) is 1.80. The van der Waals surface area contributed by atoms with E-state index in [1.54, 1.807) is 18.1 Å². The highest BCUT2D eigenvalue weighted by Gasteiger charge is 2.12. The minimum absolute atomic E-state index is 0.496. The molecule has 0 radical (unpaired) electrons. The normalized spacial score (nSPS) is 10.9. The summed E-state index contributed by atoms with van der Waals surface area (Å²) in [5.41, 5.74) is 3.95. The Labute approximate surface area is 161 Å². The molecule has 0 fully saturated rings. The number of nitrogens with one attached hydrogen (secondary N) is 1. The van der Waals surface area contributed by atoms with Crippen LogP contribution in [0.2, 0.25) is 0 Å². The fourth-order valence-electron chi connectivity index (χ4n) is 2.73.